The molecule has 0 spiro atoms. The Morgan fingerprint density at radius 1 is 1.44 bits per heavy atom. The Morgan fingerprint density at radius 2 is 2.12 bits per heavy atom. The van der Waals surface area contributed by atoms with Gasteiger partial charge in [-0.2, -0.15) is 0 Å². The minimum Gasteiger partial charge on any atom is -0.466 e. The van der Waals surface area contributed by atoms with Crippen LogP contribution in [0.25, 0.3) is 0 Å². The summed E-state index contributed by atoms with van der Waals surface area (Å²) in [7, 11) is 1.37. The van der Waals surface area contributed by atoms with Crippen LogP contribution in [-0.2, 0) is 14.3 Å². The van der Waals surface area contributed by atoms with Gasteiger partial charge in [0, 0.05) is 18.5 Å². The highest BCUT2D eigenvalue weighted by Gasteiger charge is 2.05. The first-order chi connectivity index (χ1) is 7.61. The van der Waals surface area contributed by atoms with Crippen molar-refractivity contribution >= 4 is 11.9 Å². The zero-order chi connectivity index (χ0) is 12.4. The van der Waals surface area contributed by atoms with Gasteiger partial charge in [0.15, 0.2) is 0 Å². The highest BCUT2D eigenvalue weighted by atomic mass is 16.5. The van der Waals surface area contributed by atoms with E-state index in [0.717, 1.165) is 0 Å². The van der Waals surface area contributed by atoms with Gasteiger partial charge in [0.05, 0.1) is 7.11 Å². The molecule has 5 heteroatoms. The van der Waals surface area contributed by atoms with Gasteiger partial charge in [-0.05, 0) is 19.4 Å². The summed E-state index contributed by atoms with van der Waals surface area (Å²) < 4.78 is 4.62. The van der Waals surface area contributed by atoms with Gasteiger partial charge in [-0.15, -0.1) is 0 Å². The highest BCUT2D eigenvalue weighted by molar-refractivity contribution is 5.88. The molecule has 0 saturated carbocycles. The first-order valence-electron chi connectivity index (χ1n) is 5.38. The summed E-state index contributed by atoms with van der Waals surface area (Å²) in [5.41, 5.74) is 5.65. The van der Waals surface area contributed by atoms with E-state index in [9.17, 15) is 9.59 Å². The molecule has 5 nitrogen and oxygen atoms in total. The van der Waals surface area contributed by atoms with Gasteiger partial charge in [-0.1, -0.05) is 13.0 Å². The Morgan fingerprint density at radius 3 is 2.62 bits per heavy atom. The monoisotopic (exact) mass is 228 g/mol. The Kier molecular flexibility index (Phi) is 8.15. The van der Waals surface area contributed by atoms with Crippen LogP contribution < -0.4 is 11.1 Å². The van der Waals surface area contributed by atoms with Gasteiger partial charge in [0.25, 0.3) is 0 Å². The van der Waals surface area contributed by atoms with E-state index in [0.29, 0.717) is 37.9 Å². The summed E-state index contributed by atoms with van der Waals surface area (Å²) >= 11 is 0. The molecular formula is C11H20N2O3. The molecule has 0 aromatic heterocycles. The molecule has 0 unspecified atom stereocenters. The predicted molar refractivity (Wildman–Crippen MR) is 61.7 cm³/mol. The third-order valence-electron chi connectivity index (χ3n) is 2.10. The molecule has 0 radical (unpaired) electrons. The van der Waals surface area contributed by atoms with Crippen LogP contribution >= 0.6 is 0 Å². The number of primary amides is 1. The van der Waals surface area contributed by atoms with Crippen molar-refractivity contribution in [3.8, 4) is 0 Å². The molecule has 92 valence electrons. The van der Waals surface area contributed by atoms with E-state index < -0.39 is 0 Å². The number of nitrogens with two attached hydrogens (primary N) is 1. The second kappa shape index (κ2) is 8.91. The van der Waals surface area contributed by atoms with E-state index in [2.05, 4.69) is 10.1 Å². The van der Waals surface area contributed by atoms with Gasteiger partial charge in [-0.3, -0.25) is 4.79 Å². The summed E-state index contributed by atoms with van der Waals surface area (Å²) in [6, 6.07) is 0. The molecule has 16 heavy (non-hydrogen) atoms. The number of carbonyl (C=O) groups is 2. The number of methoxy groups -OCH3 is 1. The van der Waals surface area contributed by atoms with E-state index in [1.165, 1.54) is 7.11 Å². The largest absolute Gasteiger partial charge is 0.466 e. The van der Waals surface area contributed by atoms with E-state index >= 15 is 0 Å². The van der Waals surface area contributed by atoms with Crippen molar-refractivity contribution in [1.82, 2.24) is 5.32 Å². The highest BCUT2D eigenvalue weighted by Crippen LogP contribution is 2.01. The zero-order valence-electron chi connectivity index (χ0n) is 9.91. The van der Waals surface area contributed by atoms with Crippen LogP contribution in [0.5, 0.6) is 0 Å². The molecule has 0 aliphatic carbocycles. The van der Waals surface area contributed by atoms with Crippen molar-refractivity contribution in [3.63, 3.8) is 0 Å². The fourth-order valence-corrected chi connectivity index (χ4v) is 1.19. The smallest absolute Gasteiger partial charge is 0.333 e. The maximum atomic E-state index is 11.2. The Labute approximate surface area is 96.0 Å². The van der Waals surface area contributed by atoms with Crippen LogP contribution in [0.3, 0.4) is 0 Å². The van der Waals surface area contributed by atoms with E-state index in [1.807, 2.05) is 6.92 Å². The van der Waals surface area contributed by atoms with Crippen molar-refractivity contribution in [2.24, 2.45) is 5.73 Å². The molecule has 0 aliphatic rings. The molecule has 0 heterocycles. The first kappa shape index (κ1) is 14.6. The van der Waals surface area contributed by atoms with Crippen molar-refractivity contribution in [3.05, 3.63) is 11.6 Å². The second-order valence-corrected chi connectivity index (χ2v) is 3.35. The number of nitrogens with one attached hydrogen (secondary N) is 1. The van der Waals surface area contributed by atoms with Gasteiger partial charge >= 0.3 is 5.97 Å². The van der Waals surface area contributed by atoms with Gasteiger partial charge in [-0.25, -0.2) is 4.79 Å². The number of amides is 1. The predicted octanol–water partition coefficient (Wildman–Crippen LogP) is 0.351. The SMILES string of the molecule is CCC(=CCNCCCC(N)=O)C(=O)OC. The number of hydrogen-bond acceptors (Lipinski definition) is 4. The Balaban J connectivity index is 3.72. The van der Waals surface area contributed by atoms with Crippen molar-refractivity contribution in [1.29, 1.82) is 0 Å². The lowest BCUT2D eigenvalue weighted by atomic mass is 10.2. The number of ether oxygens (including phenoxy) is 1. The van der Waals surface area contributed by atoms with E-state index in [1.54, 1.807) is 6.08 Å². The normalized spacial score (nSPS) is 11.2. The van der Waals surface area contributed by atoms with Crippen molar-refractivity contribution in [2.45, 2.75) is 26.2 Å². The third kappa shape index (κ3) is 7.00. The molecule has 0 aromatic rings. The summed E-state index contributed by atoms with van der Waals surface area (Å²) in [5.74, 6) is -0.581. The molecule has 0 atom stereocenters. The number of esters is 1. The summed E-state index contributed by atoms with van der Waals surface area (Å²) in [6.45, 7) is 3.20. The maximum Gasteiger partial charge on any atom is 0.333 e. The molecule has 0 saturated heterocycles. The third-order valence-corrected chi connectivity index (χ3v) is 2.10. The minimum absolute atomic E-state index is 0.290. The standard InChI is InChI=1S/C11H20N2O3/c1-3-9(11(15)16-2)6-8-13-7-4-5-10(12)14/h6,13H,3-5,7-8H2,1-2H3,(H2,12,14). The van der Waals surface area contributed by atoms with Gasteiger partial charge in [0.1, 0.15) is 0 Å². The molecule has 0 aliphatic heterocycles. The second-order valence-electron chi connectivity index (χ2n) is 3.35. The van der Waals surface area contributed by atoms with Gasteiger partial charge in [0.2, 0.25) is 5.91 Å². The molecule has 0 fully saturated rings. The summed E-state index contributed by atoms with van der Waals surface area (Å²) in [5, 5.41) is 3.09. The summed E-state index contributed by atoms with van der Waals surface area (Å²) in [6.07, 6.45) is 3.54. The van der Waals surface area contributed by atoms with Crippen LogP contribution in [0.4, 0.5) is 0 Å². The number of rotatable bonds is 8. The van der Waals surface area contributed by atoms with Gasteiger partial charge < -0.3 is 15.8 Å². The van der Waals surface area contributed by atoms with Crippen molar-refractivity contribution in [2.75, 3.05) is 20.2 Å². The summed E-state index contributed by atoms with van der Waals surface area (Å²) in [4.78, 5) is 21.6. The lowest BCUT2D eigenvalue weighted by molar-refractivity contribution is -0.136. The number of carbonyl (C=O) groups excluding carboxylic acids is 2. The fourth-order valence-electron chi connectivity index (χ4n) is 1.19. The van der Waals surface area contributed by atoms with Crippen LogP contribution in [-0.4, -0.2) is 32.1 Å². The van der Waals surface area contributed by atoms with Crippen LogP contribution in [0.15, 0.2) is 11.6 Å². The average Bonchev–Trinajstić information content (AvgIpc) is 2.27. The van der Waals surface area contributed by atoms with Crippen LogP contribution in [0.1, 0.15) is 26.2 Å². The van der Waals surface area contributed by atoms with Crippen LogP contribution in [0.2, 0.25) is 0 Å². The molecule has 0 bridgehead atoms. The quantitative estimate of drug-likeness (QED) is 0.357. The lowest BCUT2D eigenvalue weighted by Crippen LogP contribution is -2.19. The maximum absolute atomic E-state index is 11.2. The molecule has 0 aromatic carbocycles. The van der Waals surface area contributed by atoms with E-state index in [-0.39, 0.29) is 11.9 Å². The molecule has 3 N–H and O–H groups in total. The van der Waals surface area contributed by atoms with Crippen molar-refractivity contribution < 1.29 is 14.3 Å². The topological polar surface area (TPSA) is 81.4 Å². The van der Waals surface area contributed by atoms with E-state index in [4.69, 9.17) is 5.73 Å². The Hall–Kier alpha value is -1.36. The first-order valence-corrected chi connectivity index (χ1v) is 5.38. The molecule has 0 rings (SSSR count). The molecule has 1 amide bonds. The zero-order valence-corrected chi connectivity index (χ0v) is 9.91. The molecular weight excluding hydrogens is 208 g/mol. The Bertz CT molecular complexity index is 262. The van der Waals surface area contributed by atoms with Crippen LogP contribution in [0, 0.1) is 0 Å². The average molecular weight is 228 g/mol. The fraction of sp³-hybridized carbons (Fsp3) is 0.636. The number of hydrogen-bond donors (Lipinski definition) is 2. The minimum atomic E-state index is -0.291. The lowest BCUT2D eigenvalue weighted by Gasteiger charge is -2.03.